The van der Waals surface area contributed by atoms with Gasteiger partial charge in [-0.2, -0.15) is 13.2 Å². The Kier molecular flexibility index (Phi) is 6.63. The fraction of sp³-hybridized carbons (Fsp3) is 0.0500. The molecule has 5 nitrogen and oxygen atoms in total. The second kappa shape index (κ2) is 8.89. The van der Waals surface area contributed by atoms with Crippen LogP contribution in [-0.4, -0.2) is 14.3 Å². The number of rotatable bonds is 5. The van der Waals surface area contributed by atoms with E-state index >= 15 is 0 Å². The van der Waals surface area contributed by atoms with Crippen molar-refractivity contribution < 1.29 is 26.4 Å². The molecule has 0 heterocycles. The summed E-state index contributed by atoms with van der Waals surface area (Å²) < 4.78 is 67.0. The zero-order chi connectivity index (χ0) is 22.8. The van der Waals surface area contributed by atoms with Gasteiger partial charge < -0.3 is 5.32 Å². The molecular formula is C20H13BrClF3N2O3S. The summed E-state index contributed by atoms with van der Waals surface area (Å²) in [5.41, 5.74) is -0.949. The molecule has 0 aliphatic heterocycles. The zero-order valence-electron chi connectivity index (χ0n) is 15.4. The molecule has 0 fully saturated rings. The Bertz CT molecular complexity index is 1230. The molecule has 0 saturated carbocycles. The monoisotopic (exact) mass is 532 g/mol. The van der Waals surface area contributed by atoms with Crippen molar-refractivity contribution in [2.75, 3.05) is 10.0 Å². The van der Waals surface area contributed by atoms with Crippen LogP contribution in [0.5, 0.6) is 0 Å². The van der Waals surface area contributed by atoms with Gasteiger partial charge in [0.25, 0.3) is 15.9 Å². The van der Waals surface area contributed by atoms with Crippen LogP contribution in [0.1, 0.15) is 15.9 Å². The lowest BCUT2D eigenvalue weighted by Gasteiger charge is -2.13. The van der Waals surface area contributed by atoms with Crippen molar-refractivity contribution in [1.29, 1.82) is 0 Å². The molecule has 31 heavy (non-hydrogen) atoms. The highest BCUT2D eigenvalue weighted by atomic mass is 79.9. The number of carbonyl (C=O) groups is 1. The molecule has 0 aliphatic carbocycles. The third-order valence-electron chi connectivity index (χ3n) is 4.05. The van der Waals surface area contributed by atoms with Crippen LogP contribution in [0.2, 0.25) is 5.02 Å². The Hall–Kier alpha value is -2.56. The molecule has 3 aromatic carbocycles. The van der Waals surface area contributed by atoms with Gasteiger partial charge in [-0.1, -0.05) is 33.6 Å². The van der Waals surface area contributed by atoms with Crippen LogP contribution in [-0.2, 0) is 16.2 Å². The minimum Gasteiger partial charge on any atom is -0.322 e. The summed E-state index contributed by atoms with van der Waals surface area (Å²) in [6.45, 7) is 0. The highest BCUT2D eigenvalue weighted by molar-refractivity contribution is 9.10. The molecule has 1 amide bonds. The van der Waals surface area contributed by atoms with Gasteiger partial charge in [0.1, 0.15) is 0 Å². The van der Waals surface area contributed by atoms with E-state index in [-0.39, 0.29) is 15.5 Å². The summed E-state index contributed by atoms with van der Waals surface area (Å²) in [5.74, 6) is -0.559. The Morgan fingerprint density at radius 2 is 1.65 bits per heavy atom. The van der Waals surface area contributed by atoms with Crippen molar-refractivity contribution >= 4 is 54.8 Å². The van der Waals surface area contributed by atoms with E-state index in [1.165, 1.54) is 18.2 Å². The molecule has 3 rings (SSSR count). The fourth-order valence-corrected chi connectivity index (χ4v) is 4.13. The highest BCUT2D eigenvalue weighted by Crippen LogP contribution is 2.34. The number of halogens is 5. The van der Waals surface area contributed by atoms with Crippen molar-refractivity contribution in [3.8, 4) is 0 Å². The molecule has 0 aliphatic rings. The summed E-state index contributed by atoms with van der Waals surface area (Å²) in [5, 5.41) is 2.42. The number of anilines is 2. The maximum absolute atomic E-state index is 12.9. The molecular weight excluding hydrogens is 521 g/mol. The van der Waals surface area contributed by atoms with Gasteiger partial charge in [0.2, 0.25) is 0 Å². The first-order valence-electron chi connectivity index (χ1n) is 8.52. The summed E-state index contributed by atoms with van der Waals surface area (Å²) in [4.78, 5) is 12.1. The molecule has 0 bridgehead atoms. The Morgan fingerprint density at radius 3 is 2.29 bits per heavy atom. The Labute approximate surface area is 189 Å². The lowest BCUT2D eigenvalue weighted by atomic mass is 10.2. The van der Waals surface area contributed by atoms with Gasteiger partial charge >= 0.3 is 6.18 Å². The lowest BCUT2D eigenvalue weighted by molar-refractivity contribution is -0.137. The predicted molar refractivity (Wildman–Crippen MR) is 116 cm³/mol. The maximum Gasteiger partial charge on any atom is 0.416 e. The van der Waals surface area contributed by atoms with Crippen LogP contribution in [0.25, 0.3) is 0 Å². The average molecular weight is 534 g/mol. The molecule has 2 N–H and O–H groups in total. The average Bonchev–Trinajstić information content (AvgIpc) is 2.70. The summed E-state index contributed by atoms with van der Waals surface area (Å²) in [7, 11) is -4.32. The number of hydrogen-bond acceptors (Lipinski definition) is 3. The van der Waals surface area contributed by atoms with Crippen molar-refractivity contribution in [2.24, 2.45) is 0 Å². The zero-order valence-corrected chi connectivity index (χ0v) is 18.5. The van der Waals surface area contributed by atoms with Crippen LogP contribution in [0.4, 0.5) is 24.5 Å². The van der Waals surface area contributed by atoms with Gasteiger partial charge in [-0.05, 0) is 60.7 Å². The highest BCUT2D eigenvalue weighted by Gasteiger charge is 2.31. The Balaban J connectivity index is 1.86. The van der Waals surface area contributed by atoms with E-state index in [0.29, 0.717) is 11.8 Å². The normalized spacial score (nSPS) is 11.8. The van der Waals surface area contributed by atoms with Gasteiger partial charge in [-0.15, -0.1) is 0 Å². The molecule has 0 atom stereocenters. The number of benzene rings is 3. The number of amides is 1. The molecule has 0 aromatic heterocycles. The van der Waals surface area contributed by atoms with E-state index < -0.39 is 33.4 Å². The van der Waals surface area contributed by atoms with Crippen LogP contribution in [0.3, 0.4) is 0 Å². The molecule has 0 spiro atoms. The van der Waals surface area contributed by atoms with E-state index in [2.05, 4.69) is 21.2 Å². The van der Waals surface area contributed by atoms with Crippen LogP contribution in [0.15, 0.2) is 76.1 Å². The topological polar surface area (TPSA) is 75.3 Å². The first-order chi connectivity index (χ1) is 14.5. The smallest absolute Gasteiger partial charge is 0.322 e. The van der Waals surface area contributed by atoms with E-state index in [1.54, 1.807) is 24.3 Å². The van der Waals surface area contributed by atoms with E-state index in [9.17, 15) is 26.4 Å². The second-order valence-electron chi connectivity index (χ2n) is 6.29. The first kappa shape index (κ1) is 23.1. The van der Waals surface area contributed by atoms with Gasteiger partial charge in [-0.3, -0.25) is 9.52 Å². The summed E-state index contributed by atoms with van der Waals surface area (Å²) >= 11 is 9.14. The standard InChI is InChI=1S/C20H13BrClF3N2O3S/c21-14-5-7-15(8-6-14)26-19(28)12-2-1-3-16(10-12)31(29,30)27-18-11-13(20(23,24)25)4-9-17(18)22/h1-11,27H,(H,26,28). The number of nitrogens with one attached hydrogen (secondary N) is 2. The molecule has 3 aromatic rings. The largest absolute Gasteiger partial charge is 0.416 e. The second-order valence-corrected chi connectivity index (χ2v) is 9.29. The quantitative estimate of drug-likeness (QED) is 0.412. The van der Waals surface area contributed by atoms with Gasteiger partial charge in [-0.25, -0.2) is 8.42 Å². The molecule has 0 saturated heterocycles. The van der Waals surface area contributed by atoms with Gasteiger partial charge in [0.05, 0.1) is 21.2 Å². The lowest BCUT2D eigenvalue weighted by Crippen LogP contribution is -2.16. The predicted octanol–water partition coefficient (Wildman–Crippen LogP) is 6.17. The van der Waals surface area contributed by atoms with E-state index in [4.69, 9.17) is 11.6 Å². The third kappa shape index (κ3) is 5.78. The van der Waals surface area contributed by atoms with Crippen molar-refractivity contribution in [2.45, 2.75) is 11.1 Å². The van der Waals surface area contributed by atoms with Crippen LogP contribution >= 0.6 is 27.5 Å². The fourth-order valence-electron chi connectivity index (χ4n) is 2.52. The molecule has 162 valence electrons. The summed E-state index contributed by atoms with van der Waals surface area (Å²) in [6, 6.07) is 14.1. The van der Waals surface area contributed by atoms with Gasteiger partial charge in [0.15, 0.2) is 0 Å². The first-order valence-corrected chi connectivity index (χ1v) is 11.2. The summed E-state index contributed by atoms with van der Waals surface area (Å²) in [6.07, 6.45) is -4.67. The van der Waals surface area contributed by atoms with Crippen molar-refractivity contribution in [3.63, 3.8) is 0 Å². The van der Waals surface area contributed by atoms with E-state index in [1.807, 2.05) is 4.72 Å². The number of sulfonamides is 1. The van der Waals surface area contributed by atoms with E-state index in [0.717, 1.165) is 22.7 Å². The minimum atomic E-state index is -4.67. The number of hydrogen-bond donors (Lipinski definition) is 2. The van der Waals surface area contributed by atoms with Gasteiger partial charge in [0, 0.05) is 15.7 Å². The number of carbonyl (C=O) groups excluding carboxylic acids is 1. The van der Waals surface area contributed by atoms with Crippen LogP contribution < -0.4 is 10.0 Å². The minimum absolute atomic E-state index is 0.0425. The SMILES string of the molecule is O=C(Nc1ccc(Br)cc1)c1cccc(S(=O)(=O)Nc2cc(C(F)(F)F)ccc2Cl)c1. The van der Waals surface area contributed by atoms with Crippen LogP contribution in [0, 0.1) is 0 Å². The maximum atomic E-state index is 12.9. The molecule has 0 radical (unpaired) electrons. The molecule has 11 heteroatoms. The van der Waals surface area contributed by atoms with Crippen molar-refractivity contribution in [1.82, 2.24) is 0 Å². The third-order valence-corrected chi connectivity index (χ3v) is 6.27. The van der Waals surface area contributed by atoms with Crippen molar-refractivity contribution in [3.05, 3.63) is 87.4 Å². The Morgan fingerprint density at radius 1 is 0.968 bits per heavy atom. The molecule has 0 unspecified atom stereocenters. The number of alkyl halides is 3.